The molecule has 0 aromatic carbocycles. The molecule has 0 aromatic heterocycles. The van der Waals surface area contributed by atoms with Gasteiger partial charge in [-0.3, -0.25) is 0 Å². The summed E-state index contributed by atoms with van der Waals surface area (Å²) in [6.45, 7) is 7.52. The van der Waals surface area contributed by atoms with Crippen LogP contribution in [0.15, 0.2) is 0 Å². The van der Waals surface area contributed by atoms with Crippen LogP contribution >= 0.6 is 0 Å². The number of aliphatic hydroxyl groups excluding tert-OH is 1. The van der Waals surface area contributed by atoms with Crippen molar-refractivity contribution >= 4 is 0 Å². The number of rotatable bonds is 6. The van der Waals surface area contributed by atoms with Crippen LogP contribution in [-0.4, -0.2) is 24.4 Å². The van der Waals surface area contributed by atoms with E-state index in [9.17, 15) is 0 Å². The molecule has 1 N–H and O–H groups in total. The van der Waals surface area contributed by atoms with Crippen LogP contribution in [0.2, 0.25) is 0 Å². The molecule has 2 atom stereocenters. The molecule has 0 saturated carbocycles. The number of hydrogen-bond donors (Lipinski definition) is 1. The van der Waals surface area contributed by atoms with Gasteiger partial charge in [0.15, 0.2) is 0 Å². The second-order valence-corrected chi connectivity index (χ2v) is 3.06. The first-order valence-corrected chi connectivity index (χ1v) is 4.44. The Morgan fingerprint density at radius 3 is 2.45 bits per heavy atom. The fourth-order valence-corrected chi connectivity index (χ4v) is 0.893. The van der Waals surface area contributed by atoms with Gasteiger partial charge in [-0.1, -0.05) is 6.92 Å². The van der Waals surface area contributed by atoms with Crippen LogP contribution in [0.1, 0.15) is 33.6 Å². The van der Waals surface area contributed by atoms with Gasteiger partial charge in [0.1, 0.15) is 0 Å². The fourth-order valence-electron chi connectivity index (χ4n) is 0.893. The third-order valence-electron chi connectivity index (χ3n) is 1.98. The zero-order valence-corrected chi connectivity index (χ0v) is 7.84. The van der Waals surface area contributed by atoms with Gasteiger partial charge < -0.3 is 9.84 Å². The molecule has 2 nitrogen and oxygen atoms in total. The molecule has 0 radical (unpaired) electrons. The second kappa shape index (κ2) is 6.62. The molecule has 0 spiro atoms. The van der Waals surface area contributed by atoms with Crippen LogP contribution in [0.25, 0.3) is 0 Å². The van der Waals surface area contributed by atoms with Crippen LogP contribution in [-0.2, 0) is 4.74 Å². The molecule has 0 saturated heterocycles. The van der Waals surface area contributed by atoms with E-state index in [0.717, 1.165) is 26.1 Å². The predicted octanol–water partition coefficient (Wildman–Crippen LogP) is 1.82. The van der Waals surface area contributed by atoms with Crippen LogP contribution in [0, 0.1) is 5.92 Å². The van der Waals surface area contributed by atoms with Crippen molar-refractivity contribution in [3.63, 3.8) is 0 Å². The Balaban J connectivity index is 3.10. The summed E-state index contributed by atoms with van der Waals surface area (Å²) in [7, 11) is 0. The summed E-state index contributed by atoms with van der Waals surface area (Å²) in [4.78, 5) is 0. The molecular formula is C9H20O2. The molecule has 68 valence electrons. The van der Waals surface area contributed by atoms with E-state index >= 15 is 0 Å². The minimum Gasteiger partial charge on any atom is -0.393 e. The molecule has 0 amide bonds. The Labute approximate surface area is 69.6 Å². The van der Waals surface area contributed by atoms with Crippen molar-refractivity contribution in [2.45, 2.75) is 39.7 Å². The van der Waals surface area contributed by atoms with Gasteiger partial charge in [0.05, 0.1) is 6.10 Å². The SMILES string of the molecule is CCOCCCC(C)C(C)O. The first-order valence-electron chi connectivity index (χ1n) is 4.44. The van der Waals surface area contributed by atoms with E-state index in [4.69, 9.17) is 9.84 Å². The lowest BCUT2D eigenvalue weighted by molar-refractivity contribution is 0.107. The molecule has 0 aromatic rings. The minimum atomic E-state index is -0.184. The molecule has 0 aliphatic rings. The maximum absolute atomic E-state index is 9.14. The van der Waals surface area contributed by atoms with E-state index < -0.39 is 0 Å². The summed E-state index contributed by atoms with van der Waals surface area (Å²) in [5.41, 5.74) is 0. The normalized spacial score (nSPS) is 16.4. The second-order valence-electron chi connectivity index (χ2n) is 3.06. The summed E-state index contributed by atoms with van der Waals surface area (Å²) in [5, 5.41) is 9.14. The van der Waals surface area contributed by atoms with Crippen LogP contribution < -0.4 is 0 Å². The van der Waals surface area contributed by atoms with Gasteiger partial charge in [-0.05, 0) is 32.6 Å². The van der Waals surface area contributed by atoms with E-state index in [1.807, 2.05) is 13.8 Å². The number of hydrogen-bond acceptors (Lipinski definition) is 2. The quantitative estimate of drug-likeness (QED) is 0.600. The number of aliphatic hydroxyl groups is 1. The Bertz CT molecular complexity index is 81.6. The molecule has 2 heteroatoms. The minimum absolute atomic E-state index is 0.184. The third-order valence-corrected chi connectivity index (χ3v) is 1.98. The fraction of sp³-hybridized carbons (Fsp3) is 1.00. The molecule has 0 bridgehead atoms. The Morgan fingerprint density at radius 2 is 2.00 bits per heavy atom. The highest BCUT2D eigenvalue weighted by Gasteiger charge is 2.07. The van der Waals surface area contributed by atoms with Crippen molar-refractivity contribution < 1.29 is 9.84 Å². The molecule has 0 aliphatic carbocycles. The Hall–Kier alpha value is -0.0800. The van der Waals surface area contributed by atoms with Crippen molar-refractivity contribution in [3.8, 4) is 0 Å². The van der Waals surface area contributed by atoms with Gasteiger partial charge >= 0.3 is 0 Å². The summed E-state index contributed by atoms with van der Waals surface area (Å²) in [6, 6.07) is 0. The monoisotopic (exact) mass is 160 g/mol. The first-order chi connectivity index (χ1) is 5.18. The van der Waals surface area contributed by atoms with Gasteiger partial charge in [-0.15, -0.1) is 0 Å². The van der Waals surface area contributed by atoms with E-state index in [0.29, 0.717) is 5.92 Å². The van der Waals surface area contributed by atoms with Gasteiger partial charge in [-0.25, -0.2) is 0 Å². The smallest absolute Gasteiger partial charge is 0.0537 e. The van der Waals surface area contributed by atoms with Crippen molar-refractivity contribution in [2.24, 2.45) is 5.92 Å². The molecule has 0 heterocycles. The summed E-state index contributed by atoms with van der Waals surface area (Å²) < 4.78 is 5.18. The lowest BCUT2D eigenvalue weighted by Gasteiger charge is -2.13. The van der Waals surface area contributed by atoms with E-state index in [2.05, 4.69) is 6.92 Å². The van der Waals surface area contributed by atoms with Crippen molar-refractivity contribution in [1.82, 2.24) is 0 Å². The number of ether oxygens (including phenoxy) is 1. The van der Waals surface area contributed by atoms with Gasteiger partial charge in [0.2, 0.25) is 0 Å². The Morgan fingerprint density at radius 1 is 1.36 bits per heavy atom. The highest BCUT2D eigenvalue weighted by Crippen LogP contribution is 2.09. The molecule has 2 unspecified atom stereocenters. The van der Waals surface area contributed by atoms with Crippen LogP contribution in [0.4, 0.5) is 0 Å². The van der Waals surface area contributed by atoms with E-state index in [1.165, 1.54) is 0 Å². The topological polar surface area (TPSA) is 29.5 Å². The summed E-state index contributed by atoms with van der Waals surface area (Å²) in [5.74, 6) is 0.399. The van der Waals surface area contributed by atoms with Gasteiger partial charge in [-0.2, -0.15) is 0 Å². The molecule has 11 heavy (non-hydrogen) atoms. The zero-order chi connectivity index (χ0) is 8.69. The van der Waals surface area contributed by atoms with Gasteiger partial charge in [0.25, 0.3) is 0 Å². The molecular weight excluding hydrogens is 140 g/mol. The maximum atomic E-state index is 9.14. The summed E-state index contributed by atoms with van der Waals surface area (Å²) >= 11 is 0. The highest BCUT2D eigenvalue weighted by atomic mass is 16.5. The van der Waals surface area contributed by atoms with Crippen LogP contribution in [0.3, 0.4) is 0 Å². The zero-order valence-electron chi connectivity index (χ0n) is 7.84. The first kappa shape index (κ1) is 10.9. The van der Waals surface area contributed by atoms with Crippen molar-refractivity contribution in [1.29, 1.82) is 0 Å². The largest absolute Gasteiger partial charge is 0.393 e. The van der Waals surface area contributed by atoms with E-state index in [-0.39, 0.29) is 6.10 Å². The lowest BCUT2D eigenvalue weighted by Crippen LogP contribution is -2.13. The standard InChI is InChI=1S/C9H20O2/c1-4-11-7-5-6-8(2)9(3)10/h8-10H,4-7H2,1-3H3. The van der Waals surface area contributed by atoms with E-state index in [1.54, 1.807) is 0 Å². The summed E-state index contributed by atoms with van der Waals surface area (Å²) in [6.07, 6.45) is 1.93. The Kier molecular flexibility index (Phi) is 6.57. The maximum Gasteiger partial charge on any atom is 0.0537 e. The molecule has 0 aliphatic heterocycles. The predicted molar refractivity (Wildman–Crippen MR) is 46.6 cm³/mol. The van der Waals surface area contributed by atoms with Crippen molar-refractivity contribution in [2.75, 3.05) is 13.2 Å². The lowest BCUT2D eigenvalue weighted by atomic mass is 10.0. The average molecular weight is 160 g/mol. The molecule has 0 rings (SSSR count). The molecule has 0 fully saturated rings. The van der Waals surface area contributed by atoms with Crippen molar-refractivity contribution in [3.05, 3.63) is 0 Å². The third kappa shape index (κ3) is 6.32. The highest BCUT2D eigenvalue weighted by molar-refractivity contribution is 4.58. The average Bonchev–Trinajstić information content (AvgIpc) is 1.97. The van der Waals surface area contributed by atoms with Crippen LogP contribution in [0.5, 0.6) is 0 Å². The van der Waals surface area contributed by atoms with Gasteiger partial charge in [0, 0.05) is 13.2 Å².